The smallest absolute Gasteiger partial charge is 0.303 e. The van der Waals surface area contributed by atoms with E-state index in [1.807, 2.05) is 54.6 Å². The number of hydrogen-bond donors (Lipinski definition) is 3. The van der Waals surface area contributed by atoms with Gasteiger partial charge in [-0.3, -0.25) is 14.5 Å². The summed E-state index contributed by atoms with van der Waals surface area (Å²) in [5.41, 5.74) is 4.36. The molecular formula is C32H38N2O6. The normalized spacial score (nSPS) is 21.6. The van der Waals surface area contributed by atoms with Crippen LogP contribution in [0.15, 0.2) is 78.9 Å². The van der Waals surface area contributed by atoms with Gasteiger partial charge < -0.3 is 25.0 Å². The molecule has 4 rings (SSSR count). The molecule has 1 aliphatic heterocycles. The highest BCUT2D eigenvalue weighted by Gasteiger charge is 2.39. The van der Waals surface area contributed by atoms with Crippen LogP contribution in [0, 0.1) is 5.92 Å². The molecule has 8 nitrogen and oxygen atoms in total. The maximum absolute atomic E-state index is 12.2. The number of carboxylic acids is 1. The van der Waals surface area contributed by atoms with E-state index in [0.717, 1.165) is 16.7 Å². The van der Waals surface area contributed by atoms with Gasteiger partial charge in [-0.15, -0.1) is 0 Å². The number of anilines is 1. The van der Waals surface area contributed by atoms with Crippen molar-refractivity contribution in [1.29, 1.82) is 0 Å². The molecule has 3 aromatic rings. The fraction of sp³-hybridized carbons (Fsp3) is 0.375. The van der Waals surface area contributed by atoms with Gasteiger partial charge >= 0.3 is 5.97 Å². The van der Waals surface area contributed by atoms with Crippen molar-refractivity contribution in [3.05, 3.63) is 101 Å². The summed E-state index contributed by atoms with van der Waals surface area (Å²) < 4.78 is 13.1. The van der Waals surface area contributed by atoms with Crippen LogP contribution >= 0.6 is 0 Å². The molecular weight excluding hydrogens is 508 g/mol. The number of ether oxygens (including phenoxy) is 2. The Balaban J connectivity index is 1.57. The van der Waals surface area contributed by atoms with Crippen molar-refractivity contribution in [2.45, 2.75) is 57.8 Å². The summed E-state index contributed by atoms with van der Waals surface area (Å²) in [6.07, 6.45) is -1.43. The number of aliphatic hydroxyl groups excluding tert-OH is 1. The summed E-state index contributed by atoms with van der Waals surface area (Å²) in [5.74, 6) is -1.35. The van der Waals surface area contributed by atoms with Crippen molar-refractivity contribution in [2.75, 3.05) is 18.9 Å². The molecule has 212 valence electrons. The van der Waals surface area contributed by atoms with Gasteiger partial charge in [0.1, 0.15) is 0 Å². The zero-order valence-corrected chi connectivity index (χ0v) is 23.2. The highest BCUT2D eigenvalue weighted by Crippen LogP contribution is 2.42. The molecule has 0 aliphatic carbocycles. The average Bonchev–Trinajstić information content (AvgIpc) is 2.97. The Morgan fingerprint density at radius 3 is 2.35 bits per heavy atom. The van der Waals surface area contributed by atoms with Crippen LogP contribution in [0.3, 0.4) is 0 Å². The number of amides is 1. The highest BCUT2D eigenvalue weighted by molar-refractivity contribution is 5.92. The monoisotopic (exact) mass is 546 g/mol. The number of carbonyl (C=O) groups is 2. The second-order valence-electron chi connectivity index (χ2n) is 10.4. The van der Waals surface area contributed by atoms with Crippen LogP contribution in [0.2, 0.25) is 0 Å². The van der Waals surface area contributed by atoms with Crippen LogP contribution in [-0.4, -0.2) is 46.7 Å². The molecule has 0 aromatic heterocycles. The first-order valence-electron chi connectivity index (χ1n) is 13.6. The quantitative estimate of drug-likeness (QED) is 0.293. The molecule has 1 saturated heterocycles. The first kappa shape index (κ1) is 29.4. The lowest BCUT2D eigenvalue weighted by molar-refractivity contribution is -0.276. The van der Waals surface area contributed by atoms with Gasteiger partial charge in [0, 0.05) is 36.2 Å². The number of carbonyl (C=O) groups excluding carboxylic acids is 1. The third kappa shape index (κ3) is 7.55. The van der Waals surface area contributed by atoms with Gasteiger partial charge in [-0.1, -0.05) is 73.7 Å². The SMILES string of the molecule is C[C@@H]1[C@H](CN(C)[C@@H](C)c2ccccc2)O[C@H](c2cccc(NC(=O)CCC(=O)O)c2)O[C@@H]1c1ccc(CO)cc1. The minimum atomic E-state index is -1.02. The molecule has 3 N–H and O–H groups in total. The van der Waals surface area contributed by atoms with E-state index in [9.17, 15) is 14.7 Å². The molecule has 0 bridgehead atoms. The Hall–Kier alpha value is -3.56. The number of aliphatic hydroxyl groups is 1. The van der Waals surface area contributed by atoms with E-state index in [4.69, 9.17) is 14.6 Å². The van der Waals surface area contributed by atoms with Gasteiger partial charge in [-0.25, -0.2) is 0 Å². The Morgan fingerprint density at radius 1 is 0.950 bits per heavy atom. The second kappa shape index (κ2) is 13.7. The average molecular weight is 547 g/mol. The molecule has 40 heavy (non-hydrogen) atoms. The van der Waals surface area contributed by atoms with E-state index in [0.29, 0.717) is 12.2 Å². The molecule has 0 spiro atoms. The lowest BCUT2D eigenvalue weighted by atomic mass is 9.89. The number of carboxylic acid groups (broad SMARTS) is 1. The van der Waals surface area contributed by atoms with Crippen LogP contribution < -0.4 is 5.32 Å². The van der Waals surface area contributed by atoms with Crippen molar-refractivity contribution in [1.82, 2.24) is 4.90 Å². The number of benzene rings is 3. The summed E-state index contributed by atoms with van der Waals surface area (Å²) in [5, 5.41) is 21.1. The molecule has 8 heteroatoms. The maximum atomic E-state index is 12.2. The van der Waals surface area contributed by atoms with E-state index in [1.165, 1.54) is 5.56 Å². The van der Waals surface area contributed by atoms with Gasteiger partial charge in [0.2, 0.25) is 5.91 Å². The summed E-state index contributed by atoms with van der Waals surface area (Å²) >= 11 is 0. The largest absolute Gasteiger partial charge is 0.481 e. The molecule has 3 aromatic carbocycles. The number of nitrogens with zero attached hydrogens (tertiary/aromatic N) is 1. The van der Waals surface area contributed by atoms with E-state index < -0.39 is 12.3 Å². The summed E-state index contributed by atoms with van der Waals surface area (Å²) in [6.45, 7) is 4.96. The van der Waals surface area contributed by atoms with Gasteiger partial charge in [-0.2, -0.15) is 0 Å². The minimum absolute atomic E-state index is 0.0249. The van der Waals surface area contributed by atoms with E-state index >= 15 is 0 Å². The van der Waals surface area contributed by atoms with Crippen LogP contribution in [0.5, 0.6) is 0 Å². The molecule has 1 aliphatic rings. The molecule has 1 heterocycles. The third-order valence-electron chi connectivity index (χ3n) is 7.54. The summed E-state index contributed by atoms with van der Waals surface area (Å²) in [7, 11) is 2.09. The number of likely N-dealkylation sites (N-methyl/N-ethyl adjacent to an activating group) is 1. The molecule has 0 unspecified atom stereocenters. The lowest BCUT2D eigenvalue weighted by Crippen LogP contribution is -2.44. The van der Waals surface area contributed by atoms with Crippen LogP contribution in [0.4, 0.5) is 5.69 Å². The second-order valence-corrected chi connectivity index (χ2v) is 10.4. The van der Waals surface area contributed by atoms with Gasteiger partial charge in [0.15, 0.2) is 6.29 Å². The van der Waals surface area contributed by atoms with Crippen molar-refractivity contribution < 1.29 is 29.3 Å². The highest BCUT2D eigenvalue weighted by atomic mass is 16.7. The topological polar surface area (TPSA) is 108 Å². The van der Waals surface area contributed by atoms with E-state index in [-0.39, 0.29) is 49.5 Å². The van der Waals surface area contributed by atoms with Gasteiger partial charge in [-0.05, 0) is 42.8 Å². The number of nitrogens with one attached hydrogen (secondary N) is 1. The van der Waals surface area contributed by atoms with Crippen molar-refractivity contribution in [3.63, 3.8) is 0 Å². The summed E-state index contributed by atoms with van der Waals surface area (Å²) in [6, 6.07) is 25.6. The van der Waals surface area contributed by atoms with Crippen LogP contribution in [0.1, 0.15) is 67.4 Å². The predicted octanol–water partition coefficient (Wildman–Crippen LogP) is 5.47. The molecule has 5 atom stereocenters. The van der Waals surface area contributed by atoms with Gasteiger partial charge in [0.25, 0.3) is 0 Å². The number of rotatable bonds is 11. The van der Waals surface area contributed by atoms with Crippen molar-refractivity contribution in [3.8, 4) is 0 Å². The molecule has 0 radical (unpaired) electrons. The molecule has 0 saturated carbocycles. The first-order valence-corrected chi connectivity index (χ1v) is 13.6. The molecule has 1 amide bonds. The zero-order valence-electron chi connectivity index (χ0n) is 23.2. The Kier molecular flexibility index (Phi) is 10.1. The van der Waals surface area contributed by atoms with Crippen molar-refractivity contribution >= 4 is 17.6 Å². The Bertz CT molecular complexity index is 1270. The lowest BCUT2D eigenvalue weighted by Gasteiger charge is -2.43. The van der Waals surface area contributed by atoms with Gasteiger partial charge in [0.05, 0.1) is 25.2 Å². The Labute approximate surface area is 235 Å². The van der Waals surface area contributed by atoms with E-state index in [1.54, 1.807) is 12.1 Å². The molecule has 1 fully saturated rings. The van der Waals surface area contributed by atoms with Crippen molar-refractivity contribution in [2.24, 2.45) is 5.92 Å². The first-order chi connectivity index (χ1) is 19.2. The maximum Gasteiger partial charge on any atom is 0.303 e. The minimum Gasteiger partial charge on any atom is -0.481 e. The van der Waals surface area contributed by atoms with Crippen LogP contribution in [-0.2, 0) is 25.7 Å². The summed E-state index contributed by atoms with van der Waals surface area (Å²) in [4.78, 5) is 25.3. The van der Waals surface area contributed by atoms with Crippen LogP contribution in [0.25, 0.3) is 0 Å². The fourth-order valence-electron chi connectivity index (χ4n) is 4.96. The van der Waals surface area contributed by atoms with E-state index in [2.05, 4.69) is 43.2 Å². The Morgan fingerprint density at radius 2 is 1.68 bits per heavy atom. The standard InChI is InChI=1S/C32H38N2O6/c1-21-28(19-34(3)22(2)24-8-5-4-6-9-24)39-32(40-31(21)25-14-12-23(20-35)13-15-25)26-10-7-11-27(18-26)33-29(36)16-17-30(37)38/h4-15,18,21-22,28,31-32,35H,16-17,19-20H2,1-3H3,(H,33,36)(H,37,38)/t21-,22+,28+,31+,32+/m1/s1. The zero-order chi connectivity index (χ0) is 28.6. The predicted molar refractivity (Wildman–Crippen MR) is 152 cm³/mol. The number of hydrogen-bond acceptors (Lipinski definition) is 6. The third-order valence-corrected chi connectivity index (χ3v) is 7.54. The number of aliphatic carboxylic acids is 1. The fourth-order valence-corrected chi connectivity index (χ4v) is 4.96.